The lowest BCUT2D eigenvalue weighted by Crippen LogP contribution is -2.27. The van der Waals surface area contributed by atoms with Gasteiger partial charge in [0.25, 0.3) is 0 Å². The van der Waals surface area contributed by atoms with Gasteiger partial charge in [-0.1, -0.05) is 47.7 Å². The highest BCUT2D eigenvalue weighted by molar-refractivity contribution is 7.99. The molecule has 29 heavy (non-hydrogen) atoms. The van der Waals surface area contributed by atoms with Gasteiger partial charge in [0.2, 0.25) is 5.91 Å². The van der Waals surface area contributed by atoms with E-state index in [0.717, 1.165) is 17.1 Å². The fourth-order valence-corrected chi connectivity index (χ4v) is 4.39. The lowest BCUT2D eigenvalue weighted by molar-refractivity contribution is -0.115. The van der Waals surface area contributed by atoms with E-state index in [1.807, 2.05) is 78.4 Å². The number of benzene rings is 2. The van der Waals surface area contributed by atoms with E-state index in [4.69, 9.17) is 0 Å². The fourth-order valence-electron chi connectivity index (χ4n) is 2.78. The summed E-state index contributed by atoms with van der Waals surface area (Å²) in [7, 11) is 0. The van der Waals surface area contributed by atoms with E-state index in [1.54, 1.807) is 11.2 Å². The molecule has 146 valence electrons. The van der Waals surface area contributed by atoms with Gasteiger partial charge in [0.05, 0.1) is 17.1 Å². The number of carbonyl (C=O) groups excluding carboxylic acids is 1. The minimum atomic E-state index is -0.0611. The number of para-hydroxylation sites is 1. The Bertz CT molecular complexity index is 1110. The highest BCUT2D eigenvalue weighted by Crippen LogP contribution is 2.30. The van der Waals surface area contributed by atoms with Crippen molar-refractivity contribution in [3.63, 3.8) is 0 Å². The molecule has 0 unspecified atom stereocenters. The first-order valence-electron chi connectivity index (χ1n) is 9.02. The number of anilines is 2. The van der Waals surface area contributed by atoms with Crippen LogP contribution in [0.25, 0.3) is 5.69 Å². The molecule has 2 aromatic heterocycles. The molecule has 8 heteroatoms. The van der Waals surface area contributed by atoms with Crippen LogP contribution in [0.2, 0.25) is 0 Å². The molecule has 0 saturated heterocycles. The van der Waals surface area contributed by atoms with Gasteiger partial charge in [-0.05, 0) is 38.1 Å². The molecular weight excluding hydrogens is 402 g/mol. The van der Waals surface area contributed by atoms with Crippen LogP contribution in [0, 0.1) is 13.8 Å². The predicted molar refractivity (Wildman–Crippen MR) is 117 cm³/mol. The van der Waals surface area contributed by atoms with Gasteiger partial charge in [-0.15, -0.1) is 21.5 Å². The van der Waals surface area contributed by atoms with Gasteiger partial charge in [0.15, 0.2) is 10.3 Å². The molecule has 0 aliphatic rings. The molecule has 2 aromatic carbocycles. The Balaban J connectivity index is 1.55. The summed E-state index contributed by atoms with van der Waals surface area (Å²) >= 11 is 2.82. The molecular formula is C21H19N5OS2. The van der Waals surface area contributed by atoms with E-state index in [0.29, 0.717) is 10.3 Å². The van der Waals surface area contributed by atoms with Gasteiger partial charge in [-0.25, -0.2) is 4.98 Å². The highest BCUT2D eigenvalue weighted by Gasteiger charge is 2.22. The number of aromatic nitrogens is 4. The van der Waals surface area contributed by atoms with Gasteiger partial charge in [0, 0.05) is 11.1 Å². The molecule has 4 rings (SSSR count). The second kappa shape index (κ2) is 8.59. The Morgan fingerprint density at radius 1 is 1.10 bits per heavy atom. The molecule has 4 aromatic rings. The second-order valence-electron chi connectivity index (χ2n) is 6.44. The SMILES string of the molecule is Cc1ccc(-n2cnnc2SCC(=O)N(c2ccccc2)c2nc(C)cs2)cc1. The number of nitrogens with zero attached hydrogens (tertiary/aromatic N) is 5. The maximum atomic E-state index is 13.2. The summed E-state index contributed by atoms with van der Waals surface area (Å²) in [5.74, 6) is 0.159. The summed E-state index contributed by atoms with van der Waals surface area (Å²) in [5, 5.41) is 11.5. The highest BCUT2D eigenvalue weighted by atomic mass is 32.2. The average Bonchev–Trinajstić information content (AvgIpc) is 3.37. The van der Waals surface area contributed by atoms with Gasteiger partial charge < -0.3 is 0 Å². The first kappa shape index (κ1) is 19.4. The second-order valence-corrected chi connectivity index (χ2v) is 8.22. The summed E-state index contributed by atoms with van der Waals surface area (Å²) in [5.41, 5.74) is 3.84. The van der Waals surface area contributed by atoms with E-state index in [2.05, 4.69) is 15.2 Å². The zero-order valence-corrected chi connectivity index (χ0v) is 17.7. The van der Waals surface area contributed by atoms with E-state index >= 15 is 0 Å². The Labute approximate surface area is 177 Å². The van der Waals surface area contributed by atoms with E-state index in [-0.39, 0.29) is 11.7 Å². The number of rotatable bonds is 6. The standard InChI is InChI=1S/C21H19N5OS2/c1-15-8-10-17(11-9-15)25-14-22-24-21(25)29-13-19(27)26(18-6-4-3-5-7-18)20-23-16(2)12-28-20/h3-12,14H,13H2,1-2H3. The van der Waals surface area contributed by atoms with Crippen molar-refractivity contribution in [1.29, 1.82) is 0 Å². The van der Waals surface area contributed by atoms with Crippen LogP contribution in [0.5, 0.6) is 0 Å². The fraction of sp³-hybridized carbons (Fsp3) is 0.143. The number of amides is 1. The van der Waals surface area contributed by atoms with Crippen LogP contribution in [-0.4, -0.2) is 31.4 Å². The van der Waals surface area contributed by atoms with Crippen LogP contribution in [-0.2, 0) is 4.79 Å². The van der Waals surface area contributed by atoms with Crippen molar-refractivity contribution < 1.29 is 4.79 Å². The van der Waals surface area contributed by atoms with E-state index in [9.17, 15) is 4.79 Å². The van der Waals surface area contributed by atoms with Gasteiger partial charge in [0.1, 0.15) is 6.33 Å². The van der Waals surface area contributed by atoms with E-state index < -0.39 is 0 Å². The third-order valence-electron chi connectivity index (χ3n) is 4.22. The average molecular weight is 422 g/mol. The number of carbonyl (C=O) groups is 1. The van der Waals surface area contributed by atoms with E-state index in [1.165, 1.54) is 28.7 Å². The van der Waals surface area contributed by atoms with Crippen molar-refractivity contribution >= 4 is 39.8 Å². The molecule has 6 nitrogen and oxygen atoms in total. The first-order chi connectivity index (χ1) is 14.1. The largest absolute Gasteiger partial charge is 0.277 e. The van der Waals surface area contributed by atoms with Crippen LogP contribution < -0.4 is 4.90 Å². The molecule has 1 amide bonds. The normalized spacial score (nSPS) is 10.8. The van der Waals surface area contributed by atoms with Crippen LogP contribution in [0.1, 0.15) is 11.3 Å². The monoisotopic (exact) mass is 421 g/mol. The van der Waals surface area contributed by atoms with Gasteiger partial charge in [-0.3, -0.25) is 14.3 Å². The number of aryl methyl sites for hydroxylation is 2. The number of hydrogen-bond acceptors (Lipinski definition) is 6. The molecule has 0 fully saturated rings. The zero-order valence-electron chi connectivity index (χ0n) is 16.0. The van der Waals surface area contributed by atoms with Crippen LogP contribution >= 0.6 is 23.1 Å². The van der Waals surface area contributed by atoms with Crippen molar-refractivity contribution in [2.75, 3.05) is 10.7 Å². The van der Waals surface area contributed by atoms with Gasteiger partial charge in [-0.2, -0.15) is 0 Å². The molecule has 0 saturated carbocycles. The minimum absolute atomic E-state index is 0.0611. The number of thiazole rings is 1. The van der Waals surface area contributed by atoms with Crippen molar-refractivity contribution in [3.8, 4) is 5.69 Å². The molecule has 0 N–H and O–H groups in total. The van der Waals surface area contributed by atoms with Crippen molar-refractivity contribution in [2.24, 2.45) is 0 Å². The Morgan fingerprint density at radius 2 is 1.86 bits per heavy atom. The summed E-state index contributed by atoms with van der Waals surface area (Å²) in [6.07, 6.45) is 1.66. The van der Waals surface area contributed by atoms with Crippen LogP contribution in [0.15, 0.2) is 71.5 Å². The quantitative estimate of drug-likeness (QED) is 0.419. The Hall–Kier alpha value is -2.97. The maximum absolute atomic E-state index is 13.2. The van der Waals surface area contributed by atoms with Crippen molar-refractivity contribution in [1.82, 2.24) is 19.7 Å². The Morgan fingerprint density at radius 3 is 2.55 bits per heavy atom. The van der Waals surface area contributed by atoms with Crippen LogP contribution in [0.3, 0.4) is 0 Å². The third-order valence-corrected chi connectivity index (χ3v) is 6.09. The summed E-state index contributed by atoms with van der Waals surface area (Å²) < 4.78 is 1.89. The number of thioether (sulfide) groups is 1. The third kappa shape index (κ3) is 4.38. The predicted octanol–water partition coefficient (Wildman–Crippen LogP) is 4.80. The lowest BCUT2D eigenvalue weighted by atomic mass is 10.2. The molecule has 0 radical (unpaired) electrons. The Kier molecular flexibility index (Phi) is 5.73. The summed E-state index contributed by atoms with van der Waals surface area (Å²) in [4.78, 5) is 19.3. The topological polar surface area (TPSA) is 63.9 Å². The molecule has 0 bridgehead atoms. The minimum Gasteiger partial charge on any atom is -0.277 e. The van der Waals surface area contributed by atoms with Crippen molar-refractivity contribution in [3.05, 3.63) is 77.6 Å². The zero-order chi connectivity index (χ0) is 20.2. The smallest absolute Gasteiger partial charge is 0.243 e. The van der Waals surface area contributed by atoms with Crippen LogP contribution in [0.4, 0.5) is 10.8 Å². The molecule has 2 heterocycles. The summed E-state index contributed by atoms with van der Waals surface area (Å²) in [6.45, 7) is 3.97. The summed E-state index contributed by atoms with van der Waals surface area (Å²) in [6, 6.07) is 17.7. The molecule has 0 atom stereocenters. The lowest BCUT2D eigenvalue weighted by Gasteiger charge is -2.19. The molecule has 0 aliphatic heterocycles. The molecule has 0 aliphatic carbocycles. The van der Waals surface area contributed by atoms with Crippen molar-refractivity contribution in [2.45, 2.75) is 19.0 Å². The number of hydrogen-bond donors (Lipinski definition) is 0. The van der Waals surface area contributed by atoms with Gasteiger partial charge >= 0.3 is 0 Å². The first-order valence-corrected chi connectivity index (χ1v) is 10.9. The molecule has 0 spiro atoms. The maximum Gasteiger partial charge on any atom is 0.243 e.